The van der Waals surface area contributed by atoms with Crippen LogP contribution in [0.5, 0.6) is 0 Å². The number of nitrogens with one attached hydrogen (secondary N) is 2. The second-order valence-electron chi connectivity index (χ2n) is 5.90. The average Bonchev–Trinajstić information content (AvgIpc) is 2.78. The molecule has 1 aromatic carbocycles. The van der Waals surface area contributed by atoms with Gasteiger partial charge in [-0.25, -0.2) is 0 Å². The van der Waals surface area contributed by atoms with E-state index in [1.807, 2.05) is 6.07 Å². The number of nitrogens with zero attached hydrogens (tertiary/aromatic N) is 1. The monoisotopic (exact) mass is 287 g/mol. The summed E-state index contributed by atoms with van der Waals surface area (Å²) in [4.78, 5) is 25.3. The Hall–Kier alpha value is -1.72. The fraction of sp³-hybridized carbons (Fsp3) is 0.500. The SMILES string of the molecule is O=C1CC(NC2CCCN(Cc3ccccc3)C2)C(=O)N1. The van der Waals surface area contributed by atoms with Crippen molar-refractivity contribution in [3.05, 3.63) is 35.9 Å². The van der Waals surface area contributed by atoms with Gasteiger partial charge < -0.3 is 5.32 Å². The number of imide groups is 1. The van der Waals surface area contributed by atoms with Crippen molar-refractivity contribution in [1.82, 2.24) is 15.5 Å². The minimum absolute atomic E-state index is 0.172. The summed E-state index contributed by atoms with van der Waals surface area (Å²) in [5.41, 5.74) is 1.31. The van der Waals surface area contributed by atoms with Gasteiger partial charge in [-0.2, -0.15) is 0 Å². The Kier molecular flexibility index (Phi) is 4.31. The molecular formula is C16H21N3O2. The molecule has 2 heterocycles. The first-order chi connectivity index (χ1) is 10.2. The fourth-order valence-corrected chi connectivity index (χ4v) is 3.15. The zero-order chi connectivity index (χ0) is 14.7. The Morgan fingerprint density at radius 1 is 1.24 bits per heavy atom. The van der Waals surface area contributed by atoms with Crippen LogP contribution in [0.4, 0.5) is 0 Å². The number of hydrogen-bond acceptors (Lipinski definition) is 4. The van der Waals surface area contributed by atoms with E-state index in [0.717, 1.165) is 32.5 Å². The number of hydrogen-bond donors (Lipinski definition) is 2. The zero-order valence-corrected chi connectivity index (χ0v) is 12.0. The van der Waals surface area contributed by atoms with Crippen molar-refractivity contribution in [2.45, 2.75) is 37.9 Å². The molecule has 21 heavy (non-hydrogen) atoms. The van der Waals surface area contributed by atoms with Crippen molar-refractivity contribution in [3.8, 4) is 0 Å². The maximum atomic E-state index is 11.6. The van der Waals surface area contributed by atoms with E-state index < -0.39 is 0 Å². The third-order valence-electron chi connectivity index (χ3n) is 4.16. The van der Waals surface area contributed by atoms with Crippen LogP contribution in [0.3, 0.4) is 0 Å². The Balaban J connectivity index is 1.53. The number of rotatable bonds is 4. The van der Waals surface area contributed by atoms with E-state index in [1.54, 1.807) is 0 Å². The third kappa shape index (κ3) is 3.68. The van der Waals surface area contributed by atoms with E-state index in [4.69, 9.17) is 0 Å². The van der Waals surface area contributed by atoms with Crippen LogP contribution in [-0.2, 0) is 16.1 Å². The maximum Gasteiger partial charge on any atom is 0.244 e. The van der Waals surface area contributed by atoms with Gasteiger partial charge in [-0.1, -0.05) is 30.3 Å². The highest BCUT2D eigenvalue weighted by atomic mass is 16.2. The van der Waals surface area contributed by atoms with E-state index in [1.165, 1.54) is 5.56 Å². The van der Waals surface area contributed by atoms with Crippen LogP contribution in [0.25, 0.3) is 0 Å². The molecule has 0 aliphatic carbocycles. The number of piperidine rings is 1. The van der Waals surface area contributed by atoms with Crippen LogP contribution in [0.1, 0.15) is 24.8 Å². The fourth-order valence-electron chi connectivity index (χ4n) is 3.15. The molecule has 3 rings (SSSR count). The van der Waals surface area contributed by atoms with Crippen LogP contribution >= 0.6 is 0 Å². The number of likely N-dealkylation sites (tertiary alicyclic amines) is 1. The molecule has 0 bridgehead atoms. The molecule has 112 valence electrons. The molecule has 0 spiro atoms. The van der Waals surface area contributed by atoms with Crippen LogP contribution in [-0.4, -0.2) is 41.9 Å². The van der Waals surface area contributed by atoms with Crippen molar-refractivity contribution >= 4 is 11.8 Å². The summed E-state index contributed by atoms with van der Waals surface area (Å²) in [5.74, 6) is -0.352. The summed E-state index contributed by atoms with van der Waals surface area (Å²) >= 11 is 0. The normalized spacial score (nSPS) is 26.9. The van der Waals surface area contributed by atoms with Crippen molar-refractivity contribution < 1.29 is 9.59 Å². The van der Waals surface area contributed by atoms with Crippen LogP contribution in [0.2, 0.25) is 0 Å². The Labute approximate surface area is 124 Å². The van der Waals surface area contributed by atoms with Gasteiger partial charge >= 0.3 is 0 Å². The number of carbonyl (C=O) groups is 2. The average molecular weight is 287 g/mol. The predicted molar refractivity (Wildman–Crippen MR) is 79.4 cm³/mol. The topological polar surface area (TPSA) is 61.4 Å². The Morgan fingerprint density at radius 2 is 2.05 bits per heavy atom. The van der Waals surface area contributed by atoms with Gasteiger partial charge in [0.25, 0.3) is 0 Å². The summed E-state index contributed by atoms with van der Waals surface area (Å²) in [6, 6.07) is 10.4. The van der Waals surface area contributed by atoms with Gasteiger partial charge in [-0.15, -0.1) is 0 Å². The molecule has 2 saturated heterocycles. The highest BCUT2D eigenvalue weighted by Crippen LogP contribution is 2.15. The molecule has 2 amide bonds. The summed E-state index contributed by atoms with van der Waals surface area (Å²) in [6.07, 6.45) is 2.45. The molecule has 0 radical (unpaired) electrons. The molecule has 1 aromatic rings. The molecular weight excluding hydrogens is 266 g/mol. The van der Waals surface area contributed by atoms with E-state index >= 15 is 0 Å². The van der Waals surface area contributed by atoms with Crippen LogP contribution in [0.15, 0.2) is 30.3 Å². The first kappa shape index (κ1) is 14.2. The van der Waals surface area contributed by atoms with E-state index in [-0.39, 0.29) is 30.3 Å². The summed E-state index contributed by atoms with van der Waals surface area (Å²) in [7, 11) is 0. The zero-order valence-electron chi connectivity index (χ0n) is 12.0. The molecule has 5 heteroatoms. The quantitative estimate of drug-likeness (QED) is 0.799. The van der Waals surface area contributed by atoms with Gasteiger partial charge in [-0.3, -0.25) is 19.8 Å². The molecule has 2 aliphatic heterocycles. The largest absolute Gasteiger partial charge is 0.301 e. The molecule has 2 fully saturated rings. The number of carbonyl (C=O) groups excluding carboxylic acids is 2. The molecule has 2 unspecified atom stereocenters. The summed E-state index contributed by atoms with van der Waals surface area (Å²) in [6.45, 7) is 2.95. The van der Waals surface area contributed by atoms with Gasteiger partial charge in [0.2, 0.25) is 11.8 Å². The molecule has 2 aliphatic rings. The predicted octanol–water partition coefficient (Wildman–Crippen LogP) is 0.656. The van der Waals surface area contributed by atoms with Gasteiger partial charge in [0, 0.05) is 19.1 Å². The minimum atomic E-state index is -0.348. The minimum Gasteiger partial charge on any atom is -0.301 e. The second-order valence-corrected chi connectivity index (χ2v) is 5.90. The Bertz CT molecular complexity index is 518. The molecule has 2 N–H and O–H groups in total. The maximum absolute atomic E-state index is 11.6. The molecule has 2 atom stereocenters. The van der Waals surface area contributed by atoms with Gasteiger partial charge in [0.1, 0.15) is 0 Å². The molecule has 0 saturated carbocycles. The first-order valence-electron chi connectivity index (χ1n) is 7.57. The third-order valence-corrected chi connectivity index (χ3v) is 4.16. The lowest BCUT2D eigenvalue weighted by Crippen LogP contribution is -2.50. The van der Waals surface area contributed by atoms with Crippen LogP contribution < -0.4 is 10.6 Å². The highest BCUT2D eigenvalue weighted by molar-refractivity contribution is 6.05. The lowest BCUT2D eigenvalue weighted by molar-refractivity contribution is -0.125. The number of amides is 2. The Morgan fingerprint density at radius 3 is 2.76 bits per heavy atom. The van der Waals surface area contributed by atoms with Crippen molar-refractivity contribution in [2.75, 3.05) is 13.1 Å². The van der Waals surface area contributed by atoms with Crippen molar-refractivity contribution in [1.29, 1.82) is 0 Å². The van der Waals surface area contributed by atoms with E-state index in [9.17, 15) is 9.59 Å². The van der Waals surface area contributed by atoms with E-state index in [2.05, 4.69) is 39.8 Å². The first-order valence-corrected chi connectivity index (χ1v) is 7.57. The van der Waals surface area contributed by atoms with Crippen molar-refractivity contribution in [2.24, 2.45) is 0 Å². The highest BCUT2D eigenvalue weighted by Gasteiger charge is 2.33. The summed E-state index contributed by atoms with van der Waals surface area (Å²) < 4.78 is 0. The lowest BCUT2D eigenvalue weighted by Gasteiger charge is -2.34. The number of benzene rings is 1. The van der Waals surface area contributed by atoms with Gasteiger partial charge in [0.15, 0.2) is 0 Å². The summed E-state index contributed by atoms with van der Waals surface area (Å²) in [5, 5.41) is 5.69. The smallest absolute Gasteiger partial charge is 0.244 e. The van der Waals surface area contributed by atoms with E-state index in [0.29, 0.717) is 0 Å². The van der Waals surface area contributed by atoms with Gasteiger partial charge in [-0.05, 0) is 24.9 Å². The molecule has 0 aromatic heterocycles. The lowest BCUT2D eigenvalue weighted by atomic mass is 10.0. The second kappa shape index (κ2) is 6.37. The standard InChI is InChI=1S/C16H21N3O2/c20-15-9-14(16(21)18-15)17-13-7-4-8-19(11-13)10-12-5-2-1-3-6-12/h1-3,5-6,13-14,17H,4,7-11H2,(H,18,20,21). The van der Waals surface area contributed by atoms with Gasteiger partial charge in [0.05, 0.1) is 12.5 Å². The van der Waals surface area contributed by atoms with Crippen LogP contribution in [0, 0.1) is 0 Å². The van der Waals surface area contributed by atoms with Crippen molar-refractivity contribution in [3.63, 3.8) is 0 Å². The molecule has 5 nitrogen and oxygen atoms in total.